The molecule has 2 heterocycles. The van der Waals surface area contributed by atoms with Gasteiger partial charge in [-0.3, -0.25) is 9.69 Å². The van der Waals surface area contributed by atoms with Crippen LogP contribution in [-0.4, -0.2) is 59.1 Å². The molecule has 2 aliphatic rings. The van der Waals surface area contributed by atoms with E-state index in [1.165, 1.54) is 12.1 Å². The second kappa shape index (κ2) is 8.38. The van der Waals surface area contributed by atoms with E-state index in [1.54, 1.807) is 4.90 Å². The summed E-state index contributed by atoms with van der Waals surface area (Å²) in [7, 11) is 0. The summed E-state index contributed by atoms with van der Waals surface area (Å²) in [4.78, 5) is 27.2. The van der Waals surface area contributed by atoms with Gasteiger partial charge in [0.25, 0.3) is 0 Å². The number of halogens is 3. The molecular formula is C19H24F3N3O3. The summed E-state index contributed by atoms with van der Waals surface area (Å²) < 4.78 is 37.9. The Morgan fingerprint density at radius 2 is 1.82 bits per heavy atom. The Morgan fingerprint density at radius 3 is 2.46 bits per heavy atom. The molecule has 2 unspecified atom stereocenters. The fraction of sp³-hybridized carbons (Fsp3) is 0.579. The molecule has 154 valence electrons. The number of amides is 2. The minimum absolute atomic E-state index is 0.0489. The van der Waals surface area contributed by atoms with Crippen molar-refractivity contribution in [2.45, 2.75) is 38.0 Å². The van der Waals surface area contributed by atoms with Crippen LogP contribution in [0.2, 0.25) is 0 Å². The number of carbonyl (C=O) groups excluding carboxylic acids is 1. The summed E-state index contributed by atoms with van der Waals surface area (Å²) >= 11 is 0. The number of carboxylic acids is 1. The van der Waals surface area contributed by atoms with Crippen LogP contribution in [0.4, 0.5) is 18.0 Å². The lowest BCUT2D eigenvalue weighted by Gasteiger charge is -2.31. The van der Waals surface area contributed by atoms with Crippen molar-refractivity contribution in [1.82, 2.24) is 15.1 Å². The third kappa shape index (κ3) is 5.15. The maximum atomic E-state index is 12.6. The van der Waals surface area contributed by atoms with Crippen LogP contribution in [0.5, 0.6) is 0 Å². The molecule has 6 nitrogen and oxygen atoms in total. The van der Waals surface area contributed by atoms with E-state index in [4.69, 9.17) is 5.11 Å². The van der Waals surface area contributed by atoms with Crippen molar-refractivity contribution >= 4 is 12.0 Å². The number of hydrogen-bond donors (Lipinski definition) is 2. The molecule has 3 rings (SSSR count). The van der Waals surface area contributed by atoms with E-state index in [0.29, 0.717) is 32.5 Å². The molecule has 0 aliphatic carbocycles. The minimum Gasteiger partial charge on any atom is -0.481 e. The molecular weight excluding hydrogens is 375 g/mol. The van der Waals surface area contributed by atoms with Gasteiger partial charge in [0.05, 0.1) is 11.5 Å². The van der Waals surface area contributed by atoms with Gasteiger partial charge in [-0.2, -0.15) is 13.2 Å². The highest BCUT2D eigenvalue weighted by molar-refractivity contribution is 5.76. The second-order valence-corrected chi connectivity index (χ2v) is 7.49. The van der Waals surface area contributed by atoms with Gasteiger partial charge in [0, 0.05) is 38.8 Å². The number of carbonyl (C=O) groups is 2. The molecule has 0 radical (unpaired) electrons. The van der Waals surface area contributed by atoms with Gasteiger partial charge in [-0.15, -0.1) is 0 Å². The maximum Gasteiger partial charge on any atom is 0.416 e. The van der Waals surface area contributed by atoms with E-state index >= 15 is 0 Å². The fourth-order valence-corrected chi connectivity index (χ4v) is 3.78. The summed E-state index contributed by atoms with van der Waals surface area (Å²) in [6.45, 7) is 2.66. The van der Waals surface area contributed by atoms with Gasteiger partial charge in [0.2, 0.25) is 0 Å². The molecule has 28 heavy (non-hydrogen) atoms. The highest BCUT2D eigenvalue weighted by Crippen LogP contribution is 2.29. The number of piperidine rings is 1. The average Bonchev–Trinajstić information content (AvgIpc) is 3.08. The molecule has 0 bridgehead atoms. The first-order valence-corrected chi connectivity index (χ1v) is 9.39. The molecule has 1 aromatic carbocycles. The topological polar surface area (TPSA) is 72.9 Å². The molecule has 9 heteroatoms. The molecule has 2 atom stereocenters. The molecule has 2 saturated heterocycles. The third-order valence-corrected chi connectivity index (χ3v) is 5.35. The Hall–Kier alpha value is -2.29. The Kier molecular flexibility index (Phi) is 6.12. The van der Waals surface area contributed by atoms with Crippen molar-refractivity contribution in [1.29, 1.82) is 0 Å². The van der Waals surface area contributed by atoms with E-state index in [1.807, 2.05) is 0 Å². The van der Waals surface area contributed by atoms with E-state index in [-0.39, 0.29) is 18.6 Å². The largest absolute Gasteiger partial charge is 0.481 e. The highest BCUT2D eigenvalue weighted by Gasteiger charge is 2.32. The number of aliphatic carboxylic acids is 1. The summed E-state index contributed by atoms with van der Waals surface area (Å²) in [6, 6.07) is 4.84. The van der Waals surface area contributed by atoms with Crippen LogP contribution in [0.25, 0.3) is 0 Å². The smallest absolute Gasteiger partial charge is 0.416 e. The van der Waals surface area contributed by atoms with Crippen LogP contribution >= 0.6 is 0 Å². The zero-order valence-electron chi connectivity index (χ0n) is 15.4. The van der Waals surface area contributed by atoms with Gasteiger partial charge < -0.3 is 15.3 Å². The van der Waals surface area contributed by atoms with E-state index < -0.39 is 23.6 Å². The standard InChI is InChI=1S/C19H24F3N3O3/c20-19(21,22)15-5-3-13(4-6-15)10-24-9-7-16(12-24)23-18(28)25-8-1-2-14(11-25)17(26)27/h3-6,14,16H,1-2,7-12H2,(H,23,28)(H,26,27). The Bertz CT molecular complexity index is 709. The van der Waals surface area contributed by atoms with Gasteiger partial charge >= 0.3 is 18.2 Å². The molecule has 2 fully saturated rings. The van der Waals surface area contributed by atoms with Crippen molar-refractivity contribution in [3.05, 3.63) is 35.4 Å². The SMILES string of the molecule is O=C(O)C1CCCN(C(=O)NC2CCN(Cc3ccc(C(F)(F)F)cc3)C2)C1. The number of likely N-dealkylation sites (tertiary alicyclic amines) is 2. The minimum atomic E-state index is -4.34. The Morgan fingerprint density at radius 1 is 1.11 bits per heavy atom. The molecule has 0 aromatic heterocycles. The summed E-state index contributed by atoms with van der Waals surface area (Å²) in [5.41, 5.74) is 0.129. The number of nitrogens with zero attached hydrogens (tertiary/aromatic N) is 2. The highest BCUT2D eigenvalue weighted by atomic mass is 19.4. The predicted molar refractivity (Wildman–Crippen MR) is 95.6 cm³/mol. The van der Waals surface area contributed by atoms with Crippen LogP contribution in [-0.2, 0) is 17.5 Å². The molecule has 2 N–H and O–H groups in total. The van der Waals surface area contributed by atoms with Gasteiger partial charge in [-0.25, -0.2) is 4.79 Å². The van der Waals surface area contributed by atoms with Gasteiger partial charge in [-0.1, -0.05) is 12.1 Å². The zero-order valence-corrected chi connectivity index (χ0v) is 15.4. The molecule has 2 aliphatic heterocycles. The van der Waals surface area contributed by atoms with Crippen molar-refractivity contribution < 1.29 is 27.9 Å². The zero-order chi connectivity index (χ0) is 20.3. The molecule has 0 spiro atoms. The maximum absolute atomic E-state index is 12.6. The lowest BCUT2D eigenvalue weighted by molar-refractivity contribution is -0.143. The summed E-state index contributed by atoms with van der Waals surface area (Å²) in [6.07, 6.45) is -2.32. The summed E-state index contributed by atoms with van der Waals surface area (Å²) in [5, 5.41) is 12.1. The van der Waals surface area contributed by atoms with E-state index in [9.17, 15) is 22.8 Å². The predicted octanol–water partition coefficient (Wildman–Crippen LogP) is 2.79. The van der Waals surface area contributed by atoms with Crippen LogP contribution in [0.3, 0.4) is 0 Å². The van der Waals surface area contributed by atoms with Gasteiger partial charge in [0.15, 0.2) is 0 Å². The molecule has 2 amide bonds. The number of hydrogen-bond acceptors (Lipinski definition) is 3. The normalized spacial score (nSPS) is 23.6. The first-order valence-electron chi connectivity index (χ1n) is 9.39. The van der Waals surface area contributed by atoms with E-state index in [0.717, 1.165) is 30.7 Å². The van der Waals surface area contributed by atoms with Gasteiger partial charge in [-0.05, 0) is 37.0 Å². The third-order valence-electron chi connectivity index (χ3n) is 5.35. The molecule has 0 saturated carbocycles. The van der Waals surface area contributed by atoms with Crippen molar-refractivity contribution in [3.63, 3.8) is 0 Å². The number of nitrogens with one attached hydrogen (secondary N) is 1. The monoisotopic (exact) mass is 399 g/mol. The first-order chi connectivity index (χ1) is 13.2. The Labute approximate surface area is 161 Å². The number of urea groups is 1. The Balaban J connectivity index is 1.47. The van der Waals surface area contributed by atoms with E-state index in [2.05, 4.69) is 10.2 Å². The second-order valence-electron chi connectivity index (χ2n) is 7.49. The molecule has 1 aromatic rings. The quantitative estimate of drug-likeness (QED) is 0.817. The lowest BCUT2D eigenvalue weighted by Crippen LogP contribution is -2.50. The summed E-state index contributed by atoms with van der Waals surface area (Å²) in [5.74, 6) is -1.39. The lowest BCUT2D eigenvalue weighted by atomic mass is 9.99. The van der Waals surface area contributed by atoms with Crippen LogP contribution in [0, 0.1) is 5.92 Å². The number of alkyl halides is 3. The van der Waals surface area contributed by atoms with Crippen molar-refractivity contribution in [3.8, 4) is 0 Å². The number of benzene rings is 1. The first kappa shape index (κ1) is 20.4. The van der Waals surface area contributed by atoms with Crippen LogP contribution < -0.4 is 5.32 Å². The number of rotatable bonds is 4. The average molecular weight is 399 g/mol. The van der Waals surface area contributed by atoms with Crippen LogP contribution in [0.1, 0.15) is 30.4 Å². The van der Waals surface area contributed by atoms with Crippen LogP contribution in [0.15, 0.2) is 24.3 Å². The number of carboxylic acid groups (broad SMARTS) is 1. The van der Waals surface area contributed by atoms with Crippen molar-refractivity contribution in [2.75, 3.05) is 26.2 Å². The van der Waals surface area contributed by atoms with Crippen molar-refractivity contribution in [2.24, 2.45) is 5.92 Å². The fourth-order valence-electron chi connectivity index (χ4n) is 3.78. The van der Waals surface area contributed by atoms with Gasteiger partial charge in [0.1, 0.15) is 0 Å².